The minimum atomic E-state index is -1.04. The molecule has 1 aromatic carbocycles. The first kappa shape index (κ1) is 19.5. The van der Waals surface area contributed by atoms with Gasteiger partial charge in [0.25, 0.3) is 17.7 Å². The molecule has 0 bridgehead atoms. The Morgan fingerprint density at radius 2 is 1.93 bits per heavy atom. The summed E-state index contributed by atoms with van der Waals surface area (Å²) in [5, 5.41) is 4.79. The van der Waals surface area contributed by atoms with Gasteiger partial charge in [0, 0.05) is 18.0 Å². The highest BCUT2D eigenvalue weighted by molar-refractivity contribution is 6.24. The van der Waals surface area contributed by atoms with Crippen molar-refractivity contribution in [2.24, 2.45) is 0 Å². The van der Waals surface area contributed by atoms with Crippen molar-refractivity contribution in [3.05, 3.63) is 47.2 Å². The predicted octanol–water partition coefficient (Wildman–Crippen LogP) is 1.45. The monoisotopic (exact) mass is 410 g/mol. The molecular formula is C20H18N4O6. The zero-order chi connectivity index (χ0) is 21.6. The van der Waals surface area contributed by atoms with Gasteiger partial charge < -0.3 is 9.73 Å². The zero-order valence-electron chi connectivity index (χ0n) is 16.2. The maximum absolute atomic E-state index is 12.8. The maximum Gasteiger partial charge on any atom is 0.277 e. The van der Waals surface area contributed by atoms with Crippen LogP contribution in [0.5, 0.6) is 0 Å². The lowest BCUT2D eigenvalue weighted by atomic mass is 10.0. The summed E-state index contributed by atoms with van der Waals surface area (Å²) in [7, 11) is 0. The van der Waals surface area contributed by atoms with Crippen LogP contribution in [0.2, 0.25) is 0 Å². The summed E-state index contributed by atoms with van der Waals surface area (Å²) >= 11 is 0. The second-order valence-corrected chi connectivity index (χ2v) is 7.38. The first-order valence-corrected chi connectivity index (χ1v) is 9.38. The van der Waals surface area contributed by atoms with Crippen LogP contribution in [-0.4, -0.2) is 45.5 Å². The van der Waals surface area contributed by atoms with E-state index in [1.807, 2.05) is 13.8 Å². The Bertz CT molecular complexity index is 1100. The van der Waals surface area contributed by atoms with E-state index in [0.29, 0.717) is 11.4 Å². The third kappa shape index (κ3) is 3.15. The van der Waals surface area contributed by atoms with Crippen LogP contribution in [0.15, 0.2) is 29.0 Å². The highest BCUT2D eigenvalue weighted by atomic mass is 16.3. The summed E-state index contributed by atoms with van der Waals surface area (Å²) in [5.41, 5.74) is 0.638. The summed E-state index contributed by atoms with van der Waals surface area (Å²) in [6.07, 6.45) is 1.30. The van der Waals surface area contributed by atoms with Gasteiger partial charge in [-0.05, 0) is 24.6 Å². The smallest absolute Gasteiger partial charge is 0.277 e. The fourth-order valence-electron chi connectivity index (χ4n) is 3.57. The highest BCUT2D eigenvalue weighted by Gasteiger charge is 2.44. The number of hydrogen-bond acceptors (Lipinski definition) is 7. The van der Waals surface area contributed by atoms with Gasteiger partial charge in [0.2, 0.25) is 11.8 Å². The number of hydrogen-bond donors (Lipinski definition) is 2. The number of benzene rings is 1. The van der Waals surface area contributed by atoms with Gasteiger partial charge in [-0.15, -0.1) is 0 Å². The van der Waals surface area contributed by atoms with Gasteiger partial charge in [0.1, 0.15) is 11.8 Å². The topological polar surface area (TPSA) is 139 Å². The summed E-state index contributed by atoms with van der Waals surface area (Å²) < 4.78 is 5.25. The third-order valence-electron chi connectivity index (χ3n) is 5.03. The van der Waals surface area contributed by atoms with Crippen LogP contribution in [0.1, 0.15) is 69.6 Å². The van der Waals surface area contributed by atoms with E-state index in [1.54, 1.807) is 0 Å². The van der Waals surface area contributed by atoms with Crippen LogP contribution < -0.4 is 10.6 Å². The second kappa shape index (κ2) is 7.21. The molecule has 1 saturated heterocycles. The lowest BCUT2D eigenvalue weighted by molar-refractivity contribution is -0.136. The number of anilines is 1. The quantitative estimate of drug-likeness (QED) is 0.727. The van der Waals surface area contributed by atoms with E-state index in [4.69, 9.17) is 4.42 Å². The number of carbonyl (C=O) groups excluding carboxylic acids is 5. The fraction of sp³-hybridized carbons (Fsp3) is 0.300. The Balaban J connectivity index is 1.58. The second-order valence-electron chi connectivity index (χ2n) is 7.38. The molecule has 1 aromatic heterocycles. The van der Waals surface area contributed by atoms with Gasteiger partial charge in [-0.2, -0.15) is 0 Å². The molecule has 2 aliphatic heterocycles. The normalized spacial score (nSPS) is 18.6. The molecule has 5 amide bonds. The highest BCUT2D eigenvalue weighted by Crippen LogP contribution is 2.30. The molecule has 0 radical (unpaired) electrons. The lowest BCUT2D eigenvalue weighted by Gasteiger charge is -2.27. The van der Waals surface area contributed by atoms with Crippen LogP contribution >= 0.6 is 0 Å². The number of amides is 5. The minimum Gasteiger partial charge on any atom is -0.447 e. The van der Waals surface area contributed by atoms with Gasteiger partial charge in [-0.1, -0.05) is 13.8 Å². The number of nitrogens with zero attached hydrogens (tertiary/aromatic N) is 2. The third-order valence-corrected chi connectivity index (χ3v) is 5.03. The molecule has 2 aliphatic rings. The Morgan fingerprint density at radius 1 is 1.20 bits per heavy atom. The largest absolute Gasteiger partial charge is 0.447 e. The molecule has 0 spiro atoms. The summed E-state index contributed by atoms with van der Waals surface area (Å²) in [6.45, 7) is 3.72. The van der Waals surface area contributed by atoms with Crippen molar-refractivity contribution in [1.82, 2.24) is 15.2 Å². The molecule has 1 fully saturated rings. The molecule has 1 atom stereocenters. The Hall–Kier alpha value is -3.82. The number of imide groups is 2. The molecular weight excluding hydrogens is 392 g/mol. The van der Waals surface area contributed by atoms with Gasteiger partial charge in [0.15, 0.2) is 12.1 Å². The van der Waals surface area contributed by atoms with E-state index in [-0.39, 0.29) is 35.6 Å². The zero-order valence-corrected chi connectivity index (χ0v) is 16.2. The molecule has 10 heteroatoms. The van der Waals surface area contributed by atoms with Gasteiger partial charge in [-0.3, -0.25) is 34.2 Å². The molecule has 154 valence electrons. The molecule has 4 rings (SSSR count). The molecule has 0 saturated carbocycles. The van der Waals surface area contributed by atoms with Crippen LogP contribution in [0, 0.1) is 0 Å². The Morgan fingerprint density at radius 3 is 2.63 bits per heavy atom. The van der Waals surface area contributed by atoms with E-state index >= 15 is 0 Å². The minimum absolute atomic E-state index is 0.0427. The summed E-state index contributed by atoms with van der Waals surface area (Å²) in [5.74, 6) is -2.50. The number of piperidine rings is 1. The average Bonchev–Trinajstić information content (AvgIpc) is 3.27. The van der Waals surface area contributed by atoms with E-state index in [9.17, 15) is 24.0 Å². The first-order chi connectivity index (χ1) is 14.3. The summed E-state index contributed by atoms with van der Waals surface area (Å²) in [6, 6.07) is 3.25. The lowest BCUT2D eigenvalue weighted by Crippen LogP contribution is -2.54. The van der Waals surface area contributed by atoms with Crippen molar-refractivity contribution >= 4 is 35.2 Å². The fourth-order valence-corrected chi connectivity index (χ4v) is 3.57. The molecule has 1 unspecified atom stereocenters. The number of fused-ring (bicyclic) bond motifs is 1. The van der Waals surface area contributed by atoms with Crippen LogP contribution in [-0.2, 0) is 9.59 Å². The Labute approximate surface area is 170 Å². The van der Waals surface area contributed by atoms with E-state index in [0.717, 1.165) is 4.90 Å². The number of carbonyl (C=O) groups is 5. The van der Waals surface area contributed by atoms with Gasteiger partial charge >= 0.3 is 0 Å². The van der Waals surface area contributed by atoms with E-state index in [1.165, 1.54) is 24.6 Å². The number of nitrogens with one attached hydrogen (secondary N) is 2. The van der Waals surface area contributed by atoms with Crippen molar-refractivity contribution in [3.63, 3.8) is 0 Å². The Kier molecular flexibility index (Phi) is 4.69. The molecule has 30 heavy (non-hydrogen) atoms. The van der Waals surface area contributed by atoms with Gasteiger partial charge in [0.05, 0.1) is 11.1 Å². The molecule has 0 aliphatic carbocycles. The SMILES string of the molecule is CC(C)c1ocnc1C(=O)Nc1ccc2c(c1)C(=O)N(C1CCC(=O)NC1=O)C2=O. The van der Waals surface area contributed by atoms with Gasteiger partial charge in [-0.25, -0.2) is 4.98 Å². The molecule has 10 nitrogen and oxygen atoms in total. The molecule has 2 N–H and O–H groups in total. The average molecular weight is 410 g/mol. The van der Waals surface area contributed by atoms with E-state index < -0.39 is 35.6 Å². The molecule has 2 aromatic rings. The number of oxazole rings is 1. The standard InChI is InChI=1S/C20H18N4O6/c1-9(2)16-15(21-8-30-16)18(27)22-10-3-4-11-12(7-10)20(29)24(19(11)28)13-5-6-14(25)23-17(13)26/h3-4,7-9,13H,5-6H2,1-2H3,(H,22,27)(H,23,25,26). The van der Waals surface area contributed by atoms with E-state index in [2.05, 4.69) is 15.6 Å². The van der Waals surface area contributed by atoms with Crippen molar-refractivity contribution < 1.29 is 28.4 Å². The number of aromatic nitrogens is 1. The molecule has 3 heterocycles. The maximum atomic E-state index is 12.8. The predicted molar refractivity (Wildman–Crippen MR) is 102 cm³/mol. The van der Waals surface area contributed by atoms with Crippen LogP contribution in [0.3, 0.4) is 0 Å². The van der Waals surface area contributed by atoms with Crippen LogP contribution in [0.4, 0.5) is 5.69 Å². The summed E-state index contributed by atoms with van der Waals surface area (Å²) in [4.78, 5) is 66.4. The number of rotatable bonds is 4. The van der Waals surface area contributed by atoms with Crippen molar-refractivity contribution in [1.29, 1.82) is 0 Å². The van der Waals surface area contributed by atoms with Crippen LogP contribution in [0.25, 0.3) is 0 Å². The first-order valence-electron chi connectivity index (χ1n) is 9.38. The van der Waals surface area contributed by atoms with Crippen molar-refractivity contribution in [2.75, 3.05) is 5.32 Å². The van der Waals surface area contributed by atoms with Crippen molar-refractivity contribution in [3.8, 4) is 0 Å². The van der Waals surface area contributed by atoms with Crippen molar-refractivity contribution in [2.45, 2.75) is 38.6 Å².